The number of hydrogen-bond acceptors (Lipinski definition) is 3. The Bertz CT molecular complexity index is 2400. The Hall–Kier alpha value is -5.41. The van der Waals surface area contributed by atoms with Crippen LogP contribution in [0.5, 0.6) is 0 Å². The molecule has 0 atom stereocenters. The molecular weight excluding hydrogens is 607 g/mol. The van der Waals surface area contributed by atoms with Crippen molar-refractivity contribution < 1.29 is 0 Å². The van der Waals surface area contributed by atoms with Gasteiger partial charge in [-0.05, 0) is 99.9 Å². The maximum Gasteiger partial charge on any atom is 0.164 e. The first-order valence-corrected chi connectivity index (χ1v) is 18.4. The summed E-state index contributed by atoms with van der Waals surface area (Å²) in [7, 11) is 0. The molecule has 0 N–H and O–H groups in total. The van der Waals surface area contributed by atoms with Crippen molar-refractivity contribution in [3.8, 4) is 56.4 Å². The van der Waals surface area contributed by atoms with Crippen LogP contribution in [0.15, 0.2) is 140 Å². The number of hydrogen-bond donors (Lipinski definition) is 0. The maximum absolute atomic E-state index is 5.33. The highest BCUT2D eigenvalue weighted by Gasteiger charge is 2.62. The Morgan fingerprint density at radius 3 is 1.64 bits per heavy atom. The van der Waals surface area contributed by atoms with Gasteiger partial charge in [0.15, 0.2) is 17.5 Å². The molecule has 4 saturated carbocycles. The molecule has 4 bridgehead atoms. The van der Waals surface area contributed by atoms with E-state index in [1.165, 1.54) is 65.1 Å². The van der Waals surface area contributed by atoms with Gasteiger partial charge in [0.05, 0.1) is 0 Å². The van der Waals surface area contributed by atoms with Crippen molar-refractivity contribution in [3.63, 3.8) is 0 Å². The molecule has 240 valence electrons. The van der Waals surface area contributed by atoms with Gasteiger partial charge in [-0.15, -0.1) is 0 Å². The van der Waals surface area contributed by atoms with Crippen molar-refractivity contribution in [1.29, 1.82) is 0 Å². The van der Waals surface area contributed by atoms with Crippen LogP contribution in [0.3, 0.4) is 0 Å². The van der Waals surface area contributed by atoms with Crippen molar-refractivity contribution in [2.45, 2.75) is 37.5 Å². The van der Waals surface area contributed by atoms with E-state index in [9.17, 15) is 0 Å². The van der Waals surface area contributed by atoms with Crippen molar-refractivity contribution >= 4 is 10.8 Å². The van der Waals surface area contributed by atoms with Gasteiger partial charge in [0.25, 0.3) is 0 Å². The molecule has 1 aromatic heterocycles. The SMILES string of the molecule is c1ccc(-c2ccc(-c3nc(-c4ccccc4)nc(-c4cccc5ccc6c(c45)C4(c5ccccc5-6)C5CC6CC(C5)CC4C6)n3)cc2)cc1. The van der Waals surface area contributed by atoms with Crippen molar-refractivity contribution in [3.05, 3.63) is 151 Å². The van der Waals surface area contributed by atoms with E-state index in [1.54, 1.807) is 11.1 Å². The van der Waals surface area contributed by atoms with E-state index in [0.717, 1.165) is 34.4 Å². The number of fused-ring (bicyclic) bond motifs is 5. The van der Waals surface area contributed by atoms with E-state index in [2.05, 4.69) is 133 Å². The average Bonchev–Trinajstić information content (AvgIpc) is 3.48. The van der Waals surface area contributed by atoms with Crippen LogP contribution < -0.4 is 0 Å². The quantitative estimate of drug-likeness (QED) is 0.192. The smallest absolute Gasteiger partial charge is 0.164 e. The summed E-state index contributed by atoms with van der Waals surface area (Å²) in [6.45, 7) is 0. The van der Waals surface area contributed by atoms with E-state index < -0.39 is 0 Å². The Morgan fingerprint density at radius 1 is 0.400 bits per heavy atom. The van der Waals surface area contributed by atoms with E-state index in [1.807, 2.05) is 6.07 Å². The highest BCUT2D eigenvalue weighted by atomic mass is 15.0. The molecule has 12 rings (SSSR count). The fourth-order valence-electron chi connectivity index (χ4n) is 11.0. The Morgan fingerprint density at radius 2 is 0.940 bits per heavy atom. The van der Waals surface area contributed by atoms with Gasteiger partial charge in [-0.25, -0.2) is 15.0 Å². The lowest BCUT2D eigenvalue weighted by Gasteiger charge is -2.61. The number of benzene rings is 6. The molecule has 7 aromatic rings. The fourth-order valence-corrected chi connectivity index (χ4v) is 11.0. The monoisotopic (exact) mass is 643 g/mol. The van der Waals surface area contributed by atoms with Crippen LogP contribution in [-0.2, 0) is 5.41 Å². The summed E-state index contributed by atoms with van der Waals surface area (Å²) >= 11 is 0. The molecule has 0 radical (unpaired) electrons. The second-order valence-corrected chi connectivity index (χ2v) is 15.2. The second-order valence-electron chi connectivity index (χ2n) is 15.2. The van der Waals surface area contributed by atoms with Crippen molar-refractivity contribution in [1.82, 2.24) is 15.0 Å². The zero-order valence-electron chi connectivity index (χ0n) is 28.0. The lowest BCUT2D eigenvalue weighted by molar-refractivity contribution is -0.0393. The molecule has 4 fully saturated rings. The summed E-state index contributed by atoms with van der Waals surface area (Å²) in [6, 6.07) is 50.4. The topological polar surface area (TPSA) is 38.7 Å². The van der Waals surface area contributed by atoms with Gasteiger partial charge in [0.2, 0.25) is 0 Å². The summed E-state index contributed by atoms with van der Waals surface area (Å²) < 4.78 is 0. The third kappa shape index (κ3) is 4.07. The van der Waals surface area contributed by atoms with Crippen molar-refractivity contribution in [2.24, 2.45) is 23.7 Å². The summed E-state index contributed by atoms with van der Waals surface area (Å²) in [5.41, 5.74) is 11.5. The van der Waals surface area contributed by atoms with Crippen LogP contribution in [0.25, 0.3) is 67.2 Å². The summed E-state index contributed by atoms with van der Waals surface area (Å²) in [4.78, 5) is 15.7. The van der Waals surface area contributed by atoms with Crippen LogP contribution >= 0.6 is 0 Å². The molecule has 0 saturated heterocycles. The largest absolute Gasteiger partial charge is 0.208 e. The molecule has 0 aliphatic heterocycles. The van der Waals surface area contributed by atoms with Crippen LogP contribution in [0.4, 0.5) is 0 Å². The molecule has 1 spiro atoms. The minimum absolute atomic E-state index is 0.0420. The molecule has 0 unspecified atom stereocenters. The molecule has 5 aliphatic carbocycles. The van der Waals surface area contributed by atoms with E-state index >= 15 is 0 Å². The van der Waals surface area contributed by atoms with E-state index in [4.69, 9.17) is 15.0 Å². The number of nitrogens with zero attached hydrogens (tertiary/aromatic N) is 3. The van der Waals surface area contributed by atoms with Crippen LogP contribution in [0.1, 0.15) is 43.2 Å². The van der Waals surface area contributed by atoms with Gasteiger partial charge in [-0.1, -0.05) is 140 Å². The Kier molecular flexibility index (Phi) is 6.14. The van der Waals surface area contributed by atoms with Crippen LogP contribution in [-0.4, -0.2) is 15.0 Å². The highest BCUT2D eigenvalue weighted by molar-refractivity contribution is 6.05. The lowest BCUT2D eigenvalue weighted by atomic mass is 9.43. The third-order valence-corrected chi connectivity index (χ3v) is 12.7. The molecule has 1 heterocycles. The average molecular weight is 644 g/mol. The van der Waals surface area contributed by atoms with Crippen LogP contribution in [0, 0.1) is 23.7 Å². The van der Waals surface area contributed by atoms with Gasteiger partial charge in [-0.3, -0.25) is 0 Å². The molecule has 3 nitrogen and oxygen atoms in total. The first kappa shape index (κ1) is 28.4. The molecule has 0 amide bonds. The first-order chi connectivity index (χ1) is 24.7. The predicted octanol–water partition coefficient (Wildman–Crippen LogP) is 11.4. The summed E-state index contributed by atoms with van der Waals surface area (Å²) in [6.07, 6.45) is 6.86. The van der Waals surface area contributed by atoms with Gasteiger partial charge >= 0.3 is 0 Å². The fraction of sp³-hybridized carbons (Fsp3) is 0.213. The van der Waals surface area contributed by atoms with Crippen molar-refractivity contribution in [2.75, 3.05) is 0 Å². The van der Waals surface area contributed by atoms with Gasteiger partial charge < -0.3 is 0 Å². The second kappa shape index (κ2) is 10.8. The standard InChI is InChI=1S/C47H37N3/c1-3-10-31(11-4-1)32-18-20-35(21-19-32)45-48-44(34-12-5-2-6-13-34)49-46(50-45)40-16-9-14-33-22-23-39-38-15-7-8-17-41(38)47(43(39)42(33)40)36-25-29-24-30(27-36)28-37(47)26-29/h1-23,29-30,36-37H,24-28H2. The predicted molar refractivity (Wildman–Crippen MR) is 202 cm³/mol. The molecular formula is C47H37N3. The first-order valence-electron chi connectivity index (χ1n) is 18.4. The number of rotatable bonds is 4. The third-order valence-electron chi connectivity index (χ3n) is 12.7. The minimum Gasteiger partial charge on any atom is -0.208 e. The maximum atomic E-state index is 5.33. The normalized spacial score (nSPS) is 24.1. The van der Waals surface area contributed by atoms with Gasteiger partial charge in [0.1, 0.15) is 0 Å². The zero-order chi connectivity index (χ0) is 32.8. The van der Waals surface area contributed by atoms with E-state index in [0.29, 0.717) is 23.5 Å². The molecule has 5 aliphatic rings. The lowest BCUT2D eigenvalue weighted by Crippen LogP contribution is -2.55. The zero-order valence-corrected chi connectivity index (χ0v) is 28.0. The molecule has 3 heteroatoms. The number of aromatic nitrogens is 3. The van der Waals surface area contributed by atoms with Gasteiger partial charge in [0, 0.05) is 22.1 Å². The highest BCUT2D eigenvalue weighted by Crippen LogP contribution is 2.70. The summed E-state index contributed by atoms with van der Waals surface area (Å²) in [5.74, 6) is 5.28. The Labute approximate surface area is 293 Å². The van der Waals surface area contributed by atoms with E-state index in [-0.39, 0.29) is 5.41 Å². The molecule has 6 aromatic carbocycles. The van der Waals surface area contributed by atoms with Crippen LogP contribution in [0.2, 0.25) is 0 Å². The summed E-state index contributed by atoms with van der Waals surface area (Å²) in [5, 5.41) is 2.61. The Balaban J connectivity index is 1.15. The minimum atomic E-state index is 0.0420. The molecule has 50 heavy (non-hydrogen) atoms. The van der Waals surface area contributed by atoms with Gasteiger partial charge in [-0.2, -0.15) is 0 Å².